The van der Waals surface area contributed by atoms with Crippen LogP contribution in [0, 0.1) is 13.8 Å². The number of aryl methyl sites for hydroxylation is 2. The van der Waals surface area contributed by atoms with Gasteiger partial charge in [-0.1, -0.05) is 41.6 Å². The lowest BCUT2D eigenvalue weighted by Crippen LogP contribution is -2.30. The van der Waals surface area contributed by atoms with Gasteiger partial charge in [-0.25, -0.2) is 0 Å². The van der Waals surface area contributed by atoms with Crippen molar-refractivity contribution in [2.75, 3.05) is 18.2 Å². The third kappa shape index (κ3) is 6.60. The molecule has 1 heterocycles. The maximum Gasteiger partial charge on any atom is 0.234 e. The highest BCUT2D eigenvalue weighted by atomic mass is 32.2. The largest absolute Gasteiger partial charge is 0.497 e. The van der Waals surface area contributed by atoms with Crippen LogP contribution in [0.15, 0.2) is 47.6 Å². The number of carbonyl (C=O) groups excluding carboxylic acids is 2. The number of nitrogens with one attached hydrogen (secondary N) is 2. The van der Waals surface area contributed by atoms with E-state index in [1.165, 1.54) is 11.8 Å². The summed E-state index contributed by atoms with van der Waals surface area (Å²) in [4.78, 5) is 25.0. The molecule has 9 heteroatoms. The first-order valence-electron chi connectivity index (χ1n) is 11.2. The number of hydrogen-bond acceptors (Lipinski definition) is 6. The highest BCUT2D eigenvalue weighted by Crippen LogP contribution is 2.22. The van der Waals surface area contributed by atoms with E-state index < -0.39 is 0 Å². The number of hydrogen-bond donors (Lipinski definition) is 2. The Morgan fingerprint density at radius 3 is 2.47 bits per heavy atom. The highest BCUT2D eigenvalue weighted by molar-refractivity contribution is 7.99. The van der Waals surface area contributed by atoms with E-state index in [-0.39, 0.29) is 30.0 Å². The molecule has 0 saturated heterocycles. The molecule has 1 atom stereocenters. The van der Waals surface area contributed by atoms with Gasteiger partial charge in [0.05, 0.1) is 25.3 Å². The van der Waals surface area contributed by atoms with Gasteiger partial charge in [0.2, 0.25) is 11.8 Å². The fourth-order valence-corrected chi connectivity index (χ4v) is 4.39. The minimum atomic E-state index is -0.323. The molecule has 0 aliphatic heterocycles. The smallest absolute Gasteiger partial charge is 0.234 e. The van der Waals surface area contributed by atoms with E-state index in [0.29, 0.717) is 17.5 Å². The molecule has 8 nitrogen and oxygen atoms in total. The molecule has 34 heavy (non-hydrogen) atoms. The van der Waals surface area contributed by atoms with E-state index in [1.54, 1.807) is 7.11 Å². The maximum atomic E-state index is 12.5. The second kappa shape index (κ2) is 11.7. The third-order valence-corrected chi connectivity index (χ3v) is 6.31. The van der Waals surface area contributed by atoms with Crippen molar-refractivity contribution >= 4 is 29.3 Å². The molecule has 0 spiro atoms. The second-order valence-electron chi connectivity index (χ2n) is 8.05. The first-order chi connectivity index (χ1) is 16.3. The molecule has 0 aliphatic carbocycles. The lowest BCUT2D eigenvalue weighted by Gasteiger charge is -2.15. The van der Waals surface area contributed by atoms with Gasteiger partial charge in [-0.05, 0) is 57.0 Å². The van der Waals surface area contributed by atoms with Crippen molar-refractivity contribution < 1.29 is 14.3 Å². The van der Waals surface area contributed by atoms with Crippen LogP contribution in [0.25, 0.3) is 0 Å². The summed E-state index contributed by atoms with van der Waals surface area (Å²) in [6.07, 6.45) is 0.259. The summed E-state index contributed by atoms with van der Waals surface area (Å²) in [5.41, 5.74) is 3.88. The number of thioether (sulfide) groups is 1. The van der Waals surface area contributed by atoms with Crippen LogP contribution < -0.4 is 15.4 Å². The second-order valence-corrected chi connectivity index (χ2v) is 9.00. The molecule has 0 radical (unpaired) electrons. The van der Waals surface area contributed by atoms with Crippen molar-refractivity contribution in [2.24, 2.45) is 0 Å². The maximum absolute atomic E-state index is 12.5. The molecular weight excluding hydrogens is 450 g/mol. The zero-order chi connectivity index (χ0) is 24.7. The molecule has 0 aliphatic rings. The van der Waals surface area contributed by atoms with Crippen LogP contribution in [0.3, 0.4) is 0 Å². The number of ether oxygens (including phenoxy) is 1. The van der Waals surface area contributed by atoms with E-state index >= 15 is 0 Å². The molecule has 2 N–H and O–H groups in total. The number of methoxy groups -OCH3 is 1. The van der Waals surface area contributed by atoms with Crippen molar-refractivity contribution in [3.05, 3.63) is 65.0 Å². The molecule has 3 aromatic rings. The summed E-state index contributed by atoms with van der Waals surface area (Å²) in [7, 11) is 1.61. The van der Waals surface area contributed by atoms with Gasteiger partial charge in [0, 0.05) is 12.2 Å². The summed E-state index contributed by atoms with van der Waals surface area (Å²) < 4.78 is 7.08. The summed E-state index contributed by atoms with van der Waals surface area (Å²) in [6.45, 7) is 8.48. The van der Waals surface area contributed by atoms with Crippen LogP contribution >= 0.6 is 11.8 Å². The molecule has 0 saturated carbocycles. The number of amides is 2. The van der Waals surface area contributed by atoms with Gasteiger partial charge in [0.25, 0.3) is 0 Å². The van der Waals surface area contributed by atoms with Gasteiger partial charge in [-0.15, -0.1) is 10.2 Å². The first kappa shape index (κ1) is 25.3. The van der Waals surface area contributed by atoms with Crippen molar-refractivity contribution in [2.45, 2.75) is 51.9 Å². The Balaban J connectivity index is 1.57. The Morgan fingerprint density at radius 1 is 1.09 bits per heavy atom. The fourth-order valence-electron chi connectivity index (χ4n) is 3.58. The highest BCUT2D eigenvalue weighted by Gasteiger charge is 2.20. The lowest BCUT2D eigenvalue weighted by molar-refractivity contribution is -0.121. The minimum absolute atomic E-state index is 0.106. The normalized spacial score (nSPS) is 11.7. The SMILES string of the molecule is CCn1c(SCC(=O)Nc2ccc(C)cc2C)nnc1C(C)NC(=O)Cc1ccc(OC)cc1. The average molecular weight is 482 g/mol. The molecular formula is C25H31N5O3S. The first-order valence-corrected chi connectivity index (χ1v) is 12.1. The monoisotopic (exact) mass is 481 g/mol. The predicted molar refractivity (Wildman–Crippen MR) is 134 cm³/mol. The van der Waals surface area contributed by atoms with Crippen molar-refractivity contribution in [1.82, 2.24) is 20.1 Å². The quantitative estimate of drug-likeness (QED) is 0.424. The number of aromatic nitrogens is 3. The summed E-state index contributed by atoms with van der Waals surface area (Å²) in [5, 5.41) is 15.1. The van der Waals surface area contributed by atoms with Crippen LogP contribution in [-0.2, 0) is 22.6 Å². The topological polar surface area (TPSA) is 98.1 Å². The van der Waals surface area contributed by atoms with E-state index in [2.05, 4.69) is 20.8 Å². The number of carbonyl (C=O) groups is 2. The number of anilines is 1. The zero-order valence-electron chi connectivity index (χ0n) is 20.2. The van der Waals surface area contributed by atoms with Crippen molar-refractivity contribution in [1.29, 1.82) is 0 Å². The van der Waals surface area contributed by atoms with E-state index in [9.17, 15) is 9.59 Å². The minimum Gasteiger partial charge on any atom is -0.497 e. The van der Waals surface area contributed by atoms with Crippen molar-refractivity contribution in [3.63, 3.8) is 0 Å². The van der Waals surface area contributed by atoms with Crippen molar-refractivity contribution in [3.8, 4) is 5.75 Å². The molecule has 3 rings (SSSR count). The molecule has 180 valence electrons. The lowest BCUT2D eigenvalue weighted by atomic mass is 10.1. The average Bonchev–Trinajstić information content (AvgIpc) is 3.23. The van der Waals surface area contributed by atoms with Crippen LogP contribution in [0.2, 0.25) is 0 Å². The van der Waals surface area contributed by atoms with Gasteiger partial charge >= 0.3 is 0 Å². The van der Waals surface area contributed by atoms with Crippen LogP contribution in [0.5, 0.6) is 5.75 Å². The van der Waals surface area contributed by atoms with E-state index in [0.717, 1.165) is 28.1 Å². The molecule has 1 aromatic heterocycles. The molecule has 0 fully saturated rings. The Kier molecular flexibility index (Phi) is 8.70. The fraction of sp³-hybridized carbons (Fsp3) is 0.360. The molecule has 0 bridgehead atoms. The molecule has 1 unspecified atom stereocenters. The number of benzene rings is 2. The Hall–Kier alpha value is -3.33. The Labute approximate surface area is 204 Å². The standard InChI is InChI=1S/C25H31N5O3S/c1-6-30-24(18(4)26-22(31)14-19-8-10-20(33-5)11-9-19)28-29-25(30)34-15-23(32)27-21-12-7-16(2)13-17(21)3/h7-13,18H,6,14-15H2,1-5H3,(H,26,31)(H,27,32). The Bertz CT molecular complexity index is 1140. The van der Waals surface area contributed by atoms with Crippen LogP contribution in [-0.4, -0.2) is 39.4 Å². The van der Waals surface area contributed by atoms with E-state index in [4.69, 9.17) is 4.74 Å². The van der Waals surface area contributed by atoms with Gasteiger partial charge in [0.1, 0.15) is 5.75 Å². The summed E-state index contributed by atoms with van der Waals surface area (Å²) >= 11 is 1.32. The van der Waals surface area contributed by atoms with Crippen LogP contribution in [0.1, 0.15) is 42.4 Å². The summed E-state index contributed by atoms with van der Waals surface area (Å²) in [5.74, 6) is 1.41. The van der Waals surface area contributed by atoms with Gasteiger partial charge in [0.15, 0.2) is 11.0 Å². The van der Waals surface area contributed by atoms with Gasteiger partial charge < -0.3 is 19.9 Å². The third-order valence-electron chi connectivity index (χ3n) is 5.34. The zero-order valence-corrected chi connectivity index (χ0v) is 21.0. The Morgan fingerprint density at radius 2 is 1.82 bits per heavy atom. The van der Waals surface area contributed by atoms with E-state index in [1.807, 2.05) is 74.7 Å². The molecule has 2 amide bonds. The van der Waals surface area contributed by atoms with Gasteiger partial charge in [-0.2, -0.15) is 0 Å². The summed E-state index contributed by atoms with van der Waals surface area (Å²) in [6, 6.07) is 13.0. The number of rotatable bonds is 10. The molecule has 2 aromatic carbocycles. The van der Waals surface area contributed by atoms with Crippen LogP contribution in [0.4, 0.5) is 5.69 Å². The predicted octanol–water partition coefficient (Wildman–Crippen LogP) is 4.07. The number of nitrogens with zero attached hydrogens (tertiary/aromatic N) is 3. The van der Waals surface area contributed by atoms with Gasteiger partial charge in [-0.3, -0.25) is 9.59 Å².